The summed E-state index contributed by atoms with van der Waals surface area (Å²) in [6.45, 7) is 5.18. The van der Waals surface area contributed by atoms with Crippen molar-refractivity contribution < 1.29 is 4.79 Å². The van der Waals surface area contributed by atoms with Crippen molar-refractivity contribution in [3.05, 3.63) is 30.6 Å². The standard InChI is InChI=1S/C15H20N6O/c1-11-17-5-7-21(11)15-9-16-8-14(19-15)20-6-3-4-13(10-20)18-12(2)22/h5,7-9,13H,3-4,6,10H2,1-2H3,(H,18,22). The molecule has 1 unspecified atom stereocenters. The zero-order valence-electron chi connectivity index (χ0n) is 12.9. The first-order valence-electron chi connectivity index (χ1n) is 7.48. The Labute approximate surface area is 129 Å². The molecule has 1 aliphatic rings. The molecule has 2 aromatic heterocycles. The Hall–Kier alpha value is -2.44. The number of nitrogens with one attached hydrogen (secondary N) is 1. The van der Waals surface area contributed by atoms with E-state index >= 15 is 0 Å². The van der Waals surface area contributed by atoms with Crippen LogP contribution in [0.5, 0.6) is 0 Å². The summed E-state index contributed by atoms with van der Waals surface area (Å²) in [5, 5.41) is 2.99. The molecular formula is C15H20N6O. The van der Waals surface area contributed by atoms with Crippen LogP contribution >= 0.6 is 0 Å². The lowest BCUT2D eigenvalue weighted by molar-refractivity contribution is -0.119. The lowest BCUT2D eigenvalue weighted by Gasteiger charge is -2.33. The number of carbonyl (C=O) groups excluding carboxylic acids is 1. The van der Waals surface area contributed by atoms with Crippen molar-refractivity contribution in [3.63, 3.8) is 0 Å². The maximum absolute atomic E-state index is 11.2. The van der Waals surface area contributed by atoms with Crippen LogP contribution in [-0.4, -0.2) is 44.6 Å². The van der Waals surface area contributed by atoms with E-state index in [1.165, 1.54) is 0 Å². The van der Waals surface area contributed by atoms with Gasteiger partial charge in [-0.15, -0.1) is 0 Å². The van der Waals surface area contributed by atoms with Crippen LogP contribution in [0, 0.1) is 6.92 Å². The van der Waals surface area contributed by atoms with E-state index in [-0.39, 0.29) is 11.9 Å². The summed E-state index contributed by atoms with van der Waals surface area (Å²) < 4.78 is 1.91. The van der Waals surface area contributed by atoms with Crippen molar-refractivity contribution in [3.8, 4) is 5.82 Å². The van der Waals surface area contributed by atoms with Crippen LogP contribution in [0.15, 0.2) is 24.8 Å². The molecule has 1 saturated heterocycles. The third kappa shape index (κ3) is 3.08. The van der Waals surface area contributed by atoms with Gasteiger partial charge >= 0.3 is 0 Å². The minimum absolute atomic E-state index is 0.0146. The van der Waals surface area contributed by atoms with Gasteiger partial charge in [-0.1, -0.05) is 0 Å². The third-order valence-corrected chi connectivity index (χ3v) is 3.83. The van der Waals surface area contributed by atoms with Crippen LogP contribution in [0.1, 0.15) is 25.6 Å². The number of imidazole rings is 1. The molecule has 1 aliphatic heterocycles. The summed E-state index contributed by atoms with van der Waals surface area (Å²) in [4.78, 5) is 26.6. The van der Waals surface area contributed by atoms with Crippen LogP contribution in [-0.2, 0) is 4.79 Å². The van der Waals surface area contributed by atoms with E-state index in [0.717, 1.165) is 43.4 Å². The number of anilines is 1. The van der Waals surface area contributed by atoms with E-state index in [0.29, 0.717) is 0 Å². The first-order valence-corrected chi connectivity index (χ1v) is 7.48. The molecular weight excluding hydrogens is 280 g/mol. The van der Waals surface area contributed by atoms with Crippen molar-refractivity contribution in [2.24, 2.45) is 0 Å². The molecule has 0 aliphatic carbocycles. The van der Waals surface area contributed by atoms with Gasteiger partial charge in [-0.05, 0) is 19.8 Å². The van der Waals surface area contributed by atoms with Gasteiger partial charge < -0.3 is 10.2 Å². The molecule has 7 nitrogen and oxygen atoms in total. The Morgan fingerprint density at radius 3 is 2.91 bits per heavy atom. The number of aryl methyl sites for hydroxylation is 1. The molecule has 2 aromatic rings. The lowest BCUT2D eigenvalue weighted by atomic mass is 10.1. The summed E-state index contributed by atoms with van der Waals surface area (Å²) in [6.07, 6.45) is 9.15. The summed E-state index contributed by atoms with van der Waals surface area (Å²) in [6, 6.07) is 0.173. The van der Waals surface area contributed by atoms with E-state index in [9.17, 15) is 4.79 Å². The fourth-order valence-electron chi connectivity index (χ4n) is 2.82. The van der Waals surface area contributed by atoms with Crippen molar-refractivity contribution in [2.45, 2.75) is 32.7 Å². The maximum atomic E-state index is 11.2. The predicted molar refractivity (Wildman–Crippen MR) is 82.9 cm³/mol. The highest BCUT2D eigenvalue weighted by molar-refractivity contribution is 5.73. The largest absolute Gasteiger partial charge is 0.353 e. The van der Waals surface area contributed by atoms with Crippen LogP contribution in [0.3, 0.4) is 0 Å². The van der Waals surface area contributed by atoms with Gasteiger partial charge in [0, 0.05) is 38.4 Å². The van der Waals surface area contributed by atoms with Crippen molar-refractivity contribution in [1.82, 2.24) is 24.8 Å². The van der Waals surface area contributed by atoms with Gasteiger partial charge in [0.05, 0.1) is 12.4 Å². The van der Waals surface area contributed by atoms with E-state index in [4.69, 9.17) is 0 Å². The van der Waals surface area contributed by atoms with Crippen LogP contribution < -0.4 is 10.2 Å². The molecule has 0 radical (unpaired) electrons. The van der Waals surface area contributed by atoms with Gasteiger partial charge in [0.2, 0.25) is 5.91 Å². The number of hydrogen-bond donors (Lipinski definition) is 1. The Balaban J connectivity index is 1.80. The minimum atomic E-state index is 0.0146. The van der Waals surface area contributed by atoms with E-state index in [2.05, 4.69) is 25.2 Å². The fourth-order valence-corrected chi connectivity index (χ4v) is 2.82. The molecule has 22 heavy (non-hydrogen) atoms. The van der Waals surface area contributed by atoms with Gasteiger partial charge in [0.15, 0.2) is 5.82 Å². The van der Waals surface area contributed by atoms with Crippen LogP contribution in [0.2, 0.25) is 0 Å². The molecule has 3 rings (SSSR count). The molecule has 1 amide bonds. The zero-order valence-corrected chi connectivity index (χ0v) is 12.9. The second kappa shape index (κ2) is 6.13. The van der Waals surface area contributed by atoms with Gasteiger partial charge in [0.1, 0.15) is 11.6 Å². The molecule has 7 heteroatoms. The number of aromatic nitrogens is 4. The summed E-state index contributed by atoms with van der Waals surface area (Å²) in [5.74, 6) is 2.48. The van der Waals surface area contributed by atoms with Crippen molar-refractivity contribution in [1.29, 1.82) is 0 Å². The highest BCUT2D eigenvalue weighted by atomic mass is 16.1. The monoisotopic (exact) mass is 300 g/mol. The molecule has 3 heterocycles. The number of nitrogens with zero attached hydrogens (tertiary/aromatic N) is 5. The number of carbonyl (C=O) groups is 1. The zero-order chi connectivity index (χ0) is 15.5. The molecule has 0 aromatic carbocycles. The Bertz CT molecular complexity index is 668. The van der Waals surface area contributed by atoms with Crippen molar-refractivity contribution >= 4 is 11.7 Å². The molecule has 0 spiro atoms. The predicted octanol–water partition coefficient (Wildman–Crippen LogP) is 1.08. The first kappa shape index (κ1) is 14.5. The van der Waals surface area contributed by atoms with E-state index in [1.807, 2.05) is 17.7 Å². The van der Waals surface area contributed by atoms with Gasteiger partial charge in [-0.2, -0.15) is 0 Å². The molecule has 1 atom stereocenters. The quantitative estimate of drug-likeness (QED) is 0.918. The molecule has 0 saturated carbocycles. The van der Waals surface area contributed by atoms with Gasteiger partial charge in [-0.3, -0.25) is 14.3 Å². The Kier molecular flexibility index (Phi) is 4.04. The second-order valence-corrected chi connectivity index (χ2v) is 5.57. The number of amides is 1. The average Bonchev–Trinajstić information content (AvgIpc) is 2.93. The Morgan fingerprint density at radius 2 is 2.18 bits per heavy atom. The van der Waals surface area contributed by atoms with Crippen molar-refractivity contribution in [2.75, 3.05) is 18.0 Å². The summed E-state index contributed by atoms with van der Waals surface area (Å²) in [5.41, 5.74) is 0. The van der Waals surface area contributed by atoms with Crippen LogP contribution in [0.4, 0.5) is 5.82 Å². The average molecular weight is 300 g/mol. The highest BCUT2D eigenvalue weighted by Gasteiger charge is 2.22. The SMILES string of the molecule is CC(=O)NC1CCCN(c2cncc(-n3ccnc3C)n2)C1. The first-order chi connectivity index (χ1) is 10.6. The maximum Gasteiger partial charge on any atom is 0.217 e. The lowest BCUT2D eigenvalue weighted by Crippen LogP contribution is -2.47. The molecule has 1 N–H and O–H groups in total. The van der Waals surface area contributed by atoms with E-state index < -0.39 is 0 Å². The molecule has 0 bridgehead atoms. The summed E-state index contributed by atoms with van der Waals surface area (Å²) in [7, 11) is 0. The topological polar surface area (TPSA) is 75.9 Å². The fraction of sp³-hybridized carbons (Fsp3) is 0.467. The smallest absolute Gasteiger partial charge is 0.217 e. The molecule has 116 valence electrons. The summed E-state index contributed by atoms with van der Waals surface area (Å²) >= 11 is 0. The Morgan fingerprint density at radius 1 is 1.36 bits per heavy atom. The highest BCUT2D eigenvalue weighted by Crippen LogP contribution is 2.18. The second-order valence-electron chi connectivity index (χ2n) is 5.57. The number of rotatable bonds is 3. The number of hydrogen-bond acceptors (Lipinski definition) is 5. The number of piperidine rings is 1. The molecule has 1 fully saturated rings. The van der Waals surface area contributed by atoms with Gasteiger partial charge in [-0.25, -0.2) is 9.97 Å². The minimum Gasteiger partial charge on any atom is -0.353 e. The van der Waals surface area contributed by atoms with Gasteiger partial charge in [0.25, 0.3) is 0 Å². The third-order valence-electron chi connectivity index (χ3n) is 3.83. The van der Waals surface area contributed by atoms with E-state index in [1.54, 1.807) is 25.5 Å². The van der Waals surface area contributed by atoms with Crippen LogP contribution in [0.25, 0.3) is 5.82 Å². The normalized spacial score (nSPS) is 18.3.